The Bertz CT molecular complexity index is 393. The van der Waals surface area contributed by atoms with Crippen molar-refractivity contribution in [2.24, 2.45) is 11.5 Å². The van der Waals surface area contributed by atoms with Crippen molar-refractivity contribution < 1.29 is 19.4 Å². The lowest BCUT2D eigenvalue weighted by Crippen LogP contribution is -2.33. The van der Waals surface area contributed by atoms with Crippen LogP contribution in [0.4, 0.5) is 0 Å². The molecule has 0 aliphatic carbocycles. The van der Waals surface area contributed by atoms with E-state index in [0.29, 0.717) is 6.42 Å². The van der Waals surface area contributed by atoms with Crippen molar-refractivity contribution in [3.8, 4) is 0 Å². The molecule has 0 radical (unpaired) electrons. The lowest BCUT2D eigenvalue weighted by atomic mass is 10.1. The minimum atomic E-state index is -0.963. The second-order valence-corrected chi connectivity index (χ2v) is 3.95. The standard InChI is InChI=1S/C10H13NO2.C3H7NO2/c1-13-10(12)9(11)7-8-5-3-2-4-6-8;1-2(4)3(5)6/h2-6,9H,7,11H2,1H3;2H,4H2,1H3,(H,5,6)/t9-;2-/m00/s1. The third-order valence-electron chi connectivity index (χ3n) is 2.19. The quantitative estimate of drug-likeness (QED) is 0.669. The van der Waals surface area contributed by atoms with Crippen molar-refractivity contribution in [1.29, 1.82) is 0 Å². The zero-order chi connectivity index (χ0) is 14.8. The van der Waals surface area contributed by atoms with Gasteiger partial charge in [-0.1, -0.05) is 30.3 Å². The molecule has 5 N–H and O–H groups in total. The van der Waals surface area contributed by atoms with Crippen LogP contribution in [-0.4, -0.2) is 36.2 Å². The van der Waals surface area contributed by atoms with Crippen molar-refractivity contribution in [1.82, 2.24) is 0 Å². The van der Waals surface area contributed by atoms with Gasteiger partial charge in [0.1, 0.15) is 12.1 Å². The van der Waals surface area contributed by atoms with Crippen LogP contribution in [0.5, 0.6) is 0 Å². The number of benzene rings is 1. The summed E-state index contributed by atoms with van der Waals surface area (Å²) in [5.74, 6) is -1.33. The van der Waals surface area contributed by atoms with Crippen LogP contribution >= 0.6 is 0 Å². The van der Waals surface area contributed by atoms with Gasteiger partial charge < -0.3 is 21.3 Å². The molecule has 1 aromatic carbocycles. The number of methoxy groups -OCH3 is 1. The number of carboxylic acid groups (broad SMARTS) is 1. The fourth-order valence-corrected chi connectivity index (χ4v) is 1.10. The SMILES string of the molecule is COC(=O)[C@@H](N)Cc1ccccc1.C[C@H](N)C(=O)O. The van der Waals surface area contributed by atoms with Gasteiger partial charge in [0.25, 0.3) is 0 Å². The summed E-state index contributed by atoms with van der Waals surface area (Å²) in [6.45, 7) is 1.42. The lowest BCUT2D eigenvalue weighted by molar-refractivity contribution is -0.142. The van der Waals surface area contributed by atoms with E-state index in [1.165, 1.54) is 14.0 Å². The Hall–Kier alpha value is -1.92. The monoisotopic (exact) mass is 268 g/mol. The number of nitrogens with two attached hydrogens (primary N) is 2. The number of hydrogen-bond donors (Lipinski definition) is 3. The molecular formula is C13H20N2O4. The predicted octanol–water partition coefficient (Wildman–Crippen LogP) is 0.148. The Morgan fingerprint density at radius 2 is 1.74 bits per heavy atom. The molecule has 0 aliphatic heterocycles. The topological polar surface area (TPSA) is 116 Å². The molecule has 6 heteroatoms. The van der Waals surface area contributed by atoms with E-state index in [2.05, 4.69) is 4.74 Å². The number of ether oxygens (including phenoxy) is 1. The highest BCUT2D eigenvalue weighted by Gasteiger charge is 2.13. The van der Waals surface area contributed by atoms with Crippen LogP contribution in [0, 0.1) is 0 Å². The van der Waals surface area contributed by atoms with Crippen LogP contribution in [0.15, 0.2) is 30.3 Å². The molecule has 0 saturated heterocycles. The van der Waals surface area contributed by atoms with Gasteiger partial charge in [0.15, 0.2) is 0 Å². The molecule has 0 fully saturated rings. The Balaban J connectivity index is 0.000000459. The summed E-state index contributed by atoms with van der Waals surface area (Å²) < 4.78 is 4.52. The second-order valence-electron chi connectivity index (χ2n) is 3.95. The predicted molar refractivity (Wildman–Crippen MR) is 71.4 cm³/mol. The zero-order valence-corrected chi connectivity index (χ0v) is 11.1. The molecule has 1 rings (SSSR count). The summed E-state index contributed by atoms with van der Waals surface area (Å²) >= 11 is 0. The van der Waals surface area contributed by atoms with Crippen molar-refractivity contribution >= 4 is 11.9 Å². The van der Waals surface area contributed by atoms with Gasteiger partial charge in [-0.2, -0.15) is 0 Å². The normalized spacial score (nSPS) is 12.6. The molecule has 0 unspecified atom stereocenters. The molecule has 19 heavy (non-hydrogen) atoms. The first-order chi connectivity index (χ1) is 8.88. The van der Waals surface area contributed by atoms with Crippen molar-refractivity contribution in [2.45, 2.75) is 25.4 Å². The van der Waals surface area contributed by atoms with E-state index in [9.17, 15) is 9.59 Å². The highest BCUT2D eigenvalue weighted by molar-refractivity contribution is 5.75. The smallest absolute Gasteiger partial charge is 0.322 e. The Morgan fingerprint density at radius 1 is 1.26 bits per heavy atom. The minimum Gasteiger partial charge on any atom is -0.480 e. The fraction of sp³-hybridized carbons (Fsp3) is 0.385. The van der Waals surface area contributed by atoms with Gasteiger partial charge in [-0.25, -0.2) is 0 Å². The molecule has 0 aliphatic rings. The highest BCUT2D eigenvalue weighted by Crippen LogP contribution is 2.02. The third-order valence-corrected chi connectivity index (χ3v) is 2.19. The van der Waals surface area contributed by atoms with Gasteiger partial charge in [-0.05, 0) is 18.9 Å². The average Bonchev–Trinajstić information content (AvgIpc) is 2.39. The summed E-state index contributed by atoms with van der Waals surface area (Å²) in [5, 5.41) is 7.87. The maximum absolute atomic E-state index is 11.0. The van der Waals surface area contributed by atoms with Crippen molar-refractivity contribution in [3.63, 3.8) is 0 Å². The first kappa shape index (κ1) is 17.1. The van der Waals surface area contributed by atoms with Gasteiger partial charge in [-0.15, -0.1) is 0 Å². The van der Waals surface area contributed by atoms with Crippen LogP contribution in [-0.2, 0) is 20.7 Å². The summed E-state index contributed by atoms with van der Waals surface area (Å²) in [6.07, 6.45) is 0.521. The zero-order valence-electron chi connectivity index (χ0n) is 11.1. The Labute approximate surface area is 112 Å². The van der Waals surface area contributed by atoms with Crippen LogP contribution in [0.25, 0.3) is 0 Å². The van der Waals surface area contributed by atoms with Gasteiger partial charge in [0.2, 0.25) is 0 Å². The third kappa shape index (κ3) is 7.91. The van der Waals surface area contributed by atoms with Crippen LogP contribution < -0.4 is 11.5 Å². The first-order valence-corrected chi connectivity index (χ1v) is 5.74. The number of hydrogen-bond acceptors (Lipinski definition) is 5. The molecule has 1 aromatic rings. The van der Waals surface area contributed by atoms with E-state index in [1.54, 1.807) is 0 Å². The van der Waals surface area contributed by atoms with Crippen LogP contribution in [0.2, 0.25) is 0 Å². The number of carbonyl (C=O) groups is 2. The lowest BCUT2D eigenvalue weighted by Gasteiger charge is -2.08. The first-order valence-electron chi connectivity index (χ1n) is 5.74. The van der Waals surface area contributed by atoms with E-state index in [1.807, 2.05) is 30.3 Å². The molecule has 0 saturated carbocycles. The number of carboxylic acids is 1. The van der Waals surface area contributed by atoms with Gasteiger partial charge >= 0.3 is 11.9 Å². The number of aliphatic carboxylic acids is 1. The Kier molecular flexibility index (Phi) is 8.15. The summed E-state index contributed by atoms with van der Waals surface area (Å²) in [7, 11) is 1.34. The molecular weight excluding hydrogens is 248 g/mol. The Morgan fingerprint density at radius 3 is 2.11 bits per heavy atom. The molecule has 0 heterocycles. The van der Waals surface area contributed by atoms with E-state index < -0.39 is 18.1 Å². The number of carbonyl (C=O) groups excluding carboxylic acids is 1. The minimum absolute atomic E-state index is 0.371. The van der Waals surface area contributed by atoms with E-state index in [0.717, 1.165) is 5.56 Å². The summed E-state index contributed by atoms with van der Waals surface area (Å²) in [4.78, 5) is 20.5. The van der Waals surface area contributed by atoms with E-state index in [-0.39, 0.29) is 5.97 Å². The maximum atomic E-state index is 11.0. The van der Waals surface area contributed by atoms with Crippen LogP contribution in [0.3, 0.4) is 0 Å². The molecule has 0 amide bonds. The number of rotatable bonds is 4. The molecule has 0 bridgehead atoms. The van der Waals surface area contributed by atoms with Crippen molar-refractivity contribution in [2.75, 3.05) is 7.11 Å². The largest absolute Gasteiger partial charge is 0.480 e. The van der Waals surface area contributed by atoms with Gasteiger partial charge in [0.05, 0.1) is 7.11 Å². The fourth-order valence-electron chi connectivity index (χ4n) is 1.10. The summed E-state index contributed by atoms with van der Waals surface area (Å²) in [6, 6.07) is 8.33. The van der Waals surface area contributed by atoms with E-state index in [4.69, 9.17) is 16.6 Å². The molecule has 106 valence electrons. The molecule has 0 spiro atoms. The molecule has 0 aromatic heterocycles. The van der Waals surface area contributed by atoms with Crippen LogP contribution in [0.1, 0.15) is 12.5 Å². The van der Waals surface area contributed by atoms with Gasteiger partial charge in [0, 0.05) is 0 Å². The second kappa shape index (κ2) is 9.07. The number of esters is 1. The summed E-state index contributed by atoms with van der Waals surface area (Å²) in [5.41, 5.74) is 11.5. The van der Waals surface area contributed by atoms with Gasteiger partial charge in [-0.3, -0.25) is 9.59 Å². The average molecular weight is 268 g/mol. The van der Waals surface area contributed by atoms with Crippen molar-refractivity contribution in [3.05, 3.63) is 35.9 Å². The maximum Gasteiger partial charge on any atom is 0.322 e. The molecule has 6 nitrogen and oxygen atoms in total. The highest BCUT2D eigenvalue weighted by atomic mass is 16.5. The van der Waals surface area contributed by atoms with E-state index >= 15 is 0 Å². The molecule has 2 atom stereocenters.